The third kappa shape index (κ3) is 6.59. The Balaban J connectivity index is 0.00000180. The number of nitrogens with one attached hydrogen (secondary N) is 2. The number of rotatable bonds is 4. The third-order valence-corrected chi connectivity index (χ3v) is 3.65. The Labute approximate surface area is 134 Å². The maximum atomic E-state index is 12.0. The molecular weight excluding hydrogens is 301 g/mol. The Bertz CT molecular complexity index is 270. The van der Waals surface area contributed by atoms with E-state index in [0.717, 1.165) is 52.2 Å². The minimum atomic E-state index is 0. The van der Waals surface area contributed by atoms with E-state index >= 15 is 0 Å². The van der Waals surface area contributed by atoms with Gasteiger partial charge in [-0.1, -0.05) is 6.42 Å². The Kier molecular flexibility index (Phi) is 10.6. The van der Waals surface area contributed by atoms with Gasteiger partial charge >= 0.3 is 0 Å². The van der Waals surface area contributed by atoms with Gasteiger partial charge in [0.2, 0.25) is 5.91 Å². The average molecular weight is 328 g/mol. The third-order valence-electron chi connectivity index (χ3n) is 3.65. The van der Waals surface area contributed by atoms with Crippen molar-refractivity contribution in [1.82, 2.24) is 15.5 Å². The molecule has 0 aromatic carbocycles. The van der Waals surface area contributed by atoms with Crippen LogP contribution in [0.25, 0.3) is 0 Å². The van der Waals surface area contributed by atoms with E-state index in [2.05, 4.69) is 22.5 Å². The van der Waals surface area contributed by atoms with E-state index < -0.39 is 0 Å². The average Bonchev–Trinajstić information content (AvgIpc) is 2.40. The van der Waals surface area contributed by atoms with Gasteiger partial charge in [-0.2, -0.15) is 0 Å². The van der Waals surface area contributed by atoms with Gasteiger partial charge < -0.3 is 15.4 Å². The molecule has 0 aliphatic carbocycles. The quantitative estimate of drug-likeness (QED) is 0.802. The summed E-state index contributed by atoms with van der Waals surface area (Å²) < 4.78 is 5.32. The largest absolute Gasteiger partial charge is 0.379 e. The number of piperidine rings is 1. The minimum absolute atomic E-state index is 0. The number of morpholine rings is 1. The van der Waals surface area contributed by atoms with E-state index in [-0.39, 0.29) is 42.8 Å². The number of carbonyl (C=O) groups is 1. The molecule has 120 valence electrons. The number of halogens is 2. The molecule has 0 bridgehead atoms. The fourth-order valence-corrected chi connectivity index (χ4v) is 2.64. The van der Waals surface area contributed by atoms with E-state index in [4.69, 9.17) is 4.74 Å². The fraction of sp³-hybridized carbons (Fsp3) is 0.923. The summed E-state index contributed by atoms with van der Waals surface area (Å²) in [6, 6.07) is 0.227. The molecule has 0 saturated carbocycles. The predicted octanol–water partition coefficient (Wildman–Crippen LogP) is 0.809. The van der Waals surface area contributed by atoms with Crippen molar-refractivity contribution in [3.05, 3.63) is 0 Å². The van der Waals surface area contributed by atoms with E-state index in [1.807, 2.05) is 0 Å². The standard InChI is InChI=1S/C13H25N3O2.2ClH/c1-11(10-16-6-8-18-9-7-16)15-13(17)12-4-2-3-5-14-12;;/h11-12,14H,2-10H2,1H3,(H,15,17);2*1H. The number of amides is 1. The summed E-state index contributed by atoms with van der Waals surface area (Å²) in [6.07, 6.45) is 3.31. The molecule has 0 spiro atoms. The molecule has 2 fully saturated rings. The van der Waals surface area contributed by atoms with Gasteiger partial charge in [0, 0.05) is 25.7 Å². The highest BCUT2D eigenvalue weighted by atomic mass is 35.5. The van der Waals surface area contributed by atoms with Crippen molar-refractivity contribution in [2.45, 2.75) is 38.3 Å². The summed E-state index contributed by atoms with van der Waals surface area (Å²) in [5.74, 6) is 0.162. The van der Waals surface area contributed by atoms with Gasteiger partial charge in [-0.3, -0.25) is 9.69 Å². The summed E-state index contributed by atoms with van der Waals surface area (Å²) in [6.45, 7) is 7.54. The molecular formula is C13H27Cl2N3O2. The van der Waals surface area contributed by atoms with Crippen LogP contribution in [0.1, 0.15) is 26.2 Å². The number of carbonyl (C=O) groups excluding carboxylic acids is 1. The van der Waals surface area contributed by atoms with Crippen LogP contribution in [0.3, 0.4) is 0 Å². The van der Waals surface area contributed by atoms with Gasteiger partial charge in [0.05, 0.1) is 19.3 Å². The second-order valence-electron chi connectivity index (χ2n) is 5.33. The fourth-order valence-electron chi connectivity index (χ4n) is 2.64. The molecule has 2 saturated heterocycles. The summed E-state index contributed by atoms with van der Waals surface area (Å²) in [4.78, 5) is 14.4. The van der Waals surface area contributed by atoms with Gasteiger partial charge in [-0.15, -0.1) is 24.8 Å². The lowest BCUT2D eigenvalue weighted by atomic mass is 10.0. The molecule has 2 aliphatic rings. The molecule has 5 nitrogen and oxygen atoms in total. The normalized spacial score (nSPS) is 24.9. The maximum absolute atomic E-state index is 12.0. The van der Waals surface area contributed by atoms with Gasteiger partial charge in [0.1, 0.15) is 0 Å². The highest BCUT2D eigenvalue weighted by molar-refractivity contribution is 5.85. The second-order valence-corrected chi connectivity index (χ2v) is 5.33. The molecule has 0 radical (unpaired) electrons. The van der Waals surface area contributed by atoms with Crippen LogP contribution in [0.5, 0.6) is 0 Å². The molecule has 0 aromatic rings. The summed E-state index contributed by atoms with van der Waals surface area (Å²) in [7, 11) is 0. The first-order valence-electron chi connectivity index (χ1n) is 7.09. The number of ether oxygens (including phenoxy) is 1. The highest BCUT2D eigenvalue weighted by Crippen LogP contribution is 2.07. The zero-order chi connectivity index (χ0) is 12.8. The summed E-state index contributed by atoms with van der Waals surface area (Å²) in [5.41, 5.74) is 0. The first-order valence-corrected chi connectivity index (χ1v) is 7.09. The first-order chi connectivity index (χ1) is 8.75. The van der Waals surface area contributed by atoms with Gasteiger partial charge in [-0.25, -0.2) is 0 Å². The maximum Gasteiger partial charge on any atom is 0.237 e. The monoisotopic (exact) mass is 327 g/mol. The molecule has 2 heterocycles. The van der Waals surface area contributed by atoms with Crippen molar-refractivity contribution in [3.63, 3.8) is 0 Å². The second kappa shape index (κ2) is 10.6. The predicted molar refractivity (Wildman–Crippen MR) is 85.0 cm³/mol. The number of hydrogen-bond acceptors (Lipinski definition) is 4. The van der Waals surface area contributed by atoms with E-state index in [0.29, 0.717) is 0 Å². The minimum Gasteiger partial charge on any atom is -0.379 e. The van der Waals surface area contributed by atoms with Gasteiger partial charge in [-0.05, 0) is 26.3 Å². The lowest BCUT2D eigenvalue weighted by Crippen LogP contribution is -2.52. The van der Waals surface area contributed by atoms with Gasteiger partial charge in [0.25, 0.3) is 0 Å². The lowest BCUT2D eigenvalue weighted by molar-refractivity contribution is -0.124. The van der Waals surface area contributed by atoms with E-state index in [9.17, 15) is 4.79 Å². The number of nitrogens with zero attached hydrogens (tertiary/aromatic N) is 1. The Hall–Kier alpha value is -0.0700. The van der Waals surface area contributed by atoms with Crippen molar-refractivity contribution < 1.29 is 9.53 Å². The van der Waals surface area contributed by atoms with Crippen molar-refractivity contribution >= 4 is 30.7 Å². The van der Waals surface area contributed by atoms with Gasteiger partial charge in [0.15, 0.2) is 0 Å². The van der Waals surface area contributed by atoms with E-state index in [1.165, 1.54) is 6.42 Å². The van der Waals surface area contributed by atoms with Crippen LogP contribution in [0, 0.1) is 0 Å². The molecule has 1 amide bonds. The molecule has 2 unspecified atom stereocenters. The van der Waals surface area contributed by atoms with Crippen LogP contribution >= 0.6 is 24.8 Å². The molecule has 0 aromatic heterocycles. The van der Waals surface area contributed by atoms with Crippen molar-refractivity contribution in [1.29, 1.82) is 0 Å². The Morgan fingerprint density at radius 1 is 1.35 bits per heavy atom. The zero-order valence-corrected chi connectivity index (χ0v) is 13.7. The van der Waals surface area contributed by atoms with Crippen LogP contribution < -0.4 is 10.6 Å². The molecule has 2 atom stereocenters. The Morgan fingerprint density at radius 2 is 2.05 bits per heavy atom. The van der Waals surface area contributed by atoms with Crippen LogP contribution in [-0.2, 0) is 9.53 Å². The topological polar surface area (TPSA) is 53.6 Å². The summed E-state index contributed by atoms with van der Waals surface area (Å²) >= 11 is 0. The number of hydrogen-bond donors (Lipinski definition) is 2. The molecule has 7 heteroatoms. The lowest BCUT2D eigenvalue weighted by Gasteiger charge is -2.30. The smallest absolute Gasteiger partial charge is 0.237 e. The highest BCUT2D eigenvalue weighted by Gasteiger charge is 2.22. The van der Waals surface area contributed by atoms with Crippen LogP contribution in [0.15, 0.2) is 0 Å². The first kappa shape index (κ1) is 19.9. The zero-order valence-electron chi connectivity index (χ0n) is 12.1. The Morgan fingerprint density at radius 3 is 2.65 bits per heavy atom. The van der Waals surface area contributed by atoms with Crippen LogP contribution in [0.4, 0.5) is 0 Å². The summed E-state index contributed by atoms with van der Waals surface area (Å²) in [5, 5.41) is 6.40. The molecule has 2 aliphatic heterocycles. The van der Waals surface area contributed by atoms with Crippen molar-refractivity contribution in [2.24, 2.45) is 0 Å². The van der Waals surface area contributed by atoms with E-state index in [1.54, 1.807) is 0 Å². The van der Waals surface area contributed by atoms with Crippen LogP contribution in [-0.4, -0.2) is 62.3 Å². The molecule has 2 N–H and O–H groups in total. The van der Waals surface area contributed by atoms with Crippen LogP contribution in [0.2, 0.25) is 0 Å². The van der Waals surface area contributed by atoms with Crippen molar-refractivity contribution in [3.8, 4) is 0 Å². The van der Waals surface area contributed by atoms with Crippen molar-refractivity contribution in [2.75, 3.05) is 39.4 Å². The molecule has 20 heavy (non-hydrogen) atoms. The molecule has 2 rings (SSSR count). The SMILES string of the molecule is CC(CN1CCOCC1)NC(=O)C1CCCCN1.Cl.Cl.